The number of benzene rings is 2. The summed E-state index contributed by atoms with van der Waals surface area (Å²) in [6, 6.07) is 15.8. The van der Waals surface area contributed by atoms with E-state index in [1.165, 1.54) is 56.9 Å². The largest absolute Gasteiger partial charge is 0.355 e. The van der Waals surface area contributed by atoms with Crippen LogP contribution in [-0.4, -0.2) is 22.0 Å². The molecule has 0 saturated heterocycles. The van der Waals surface area contributed by atoms with E-state index in [1.54, 1.807) is 0 Å². The van der Waals surface area contributed by atoms with Gasteiger partial charge in [0.2, 0.25) is 5.91 Å². The third kappa shape index (κ3) is 7.37. The molecule has 2 aromatic carbocycles. The minimum absolute atomic E-state index is 0.0103. The van der Waals surface area contributed by atoms with Crippen molar-refractivity contribution in [1.82, 2.24) is 14.9 Å². The van der Waals surface area contributed by atoms with Gasteiger partial charge in [0.1, 0.15) is 5.82 Å². The van der Waals surface area contributed by atoms with Crippen LogP contribution < -0.4 is 5.32 Å². The standard InChI is InChI=1S/C27H36ClN3O/c1-2-3-4-5-6-7-8-13-20-31-25-17-12-11-16-24(25)30-26(31)18-19-29-27(32)21-22-14-9-10-15-23(22)28/h9-12,14-17H,2-8,13,18-21H2,1H3,(H,29,32). The average molecular weight is 454 g/mol. The number of aromatic nitrogens is 2. The van der Waals surface area contributed by atoms with Crippen LogP contribution in [0.1, 0.15) is 69.7 Å². The molecule has 5 heteroatoms. The molecular formula is C27H36ClN3O. The second-order valence-electron chi connectivity index (χ2n) is 8.51. The van der Waals surface area contributed by atoms with Crippen molar-refractivity contribution in [1.29, 1.82) is 0 Å². The van der Waals surface area contributed by atoms with Crippen LogP contribution in [0.25, 0.3) is 11.0 Å². The summed E-state index contributed by atoms with van der Waals surface area (Å²) >= 11 is 6.17. The SMILES string of the molecule is CCCCCCCCCCn1c(CCNC(=O)Cc2ccccc2Cl)nc2ccccc21. The van der Waals surface area contributed by atoms with Crippen molar-refractivity contribution < 1.29 is 4.79 Å². The van der Waals surface area contributed by atoms with Gasteiger partial charge in [0, 0.05) is 24.5 Å². The van der Waals surface area contributed by atoms with Crippen molar-refractivity contribution >= 4 is 28.5 Å². The van der Waals surface area contributed by atoms with Gasteiger partial charge in [-0.05, 0) is 30.2 Å². The molecule has 0 radical (unpaired) electrons. The number of hydrogen-bond donors (Lipinski definition) is 1. The maximum Gasteiger partial charge on any atom is 0.224 e. The van der Waals surface area contributed by atoms with E-state index in [2.05, 4.69) is 35.0 Å². The Labute approximate surface area is 197 Å². The summed E-state index contributed by atoms with van der Waals surface area (Å²) in [6.45, 7) is 3.82. The van der Waals surface area contributed by atoms with Crippen molar-refractivity contribution in [2.24, 2.45) is 0 Å². The lowest BCUT2D eigenvalue weighted by Crippen LogP contribution is -2.28. The third-order valence-corrected chi connectivity index (χ3v) is 6.32. The van der Waals surface area contributed by atoms with E-state index >= 15 is 0 Å². The molecule has 0 spiro atoms. The van der Waals surface area contributed by atoms with Gasteiger partial charge in [-0.2, -0.15) is 0 Å². The highest BCUT2D eigenvalue weighted by molar-refractivity contribution is 6.31. The molecule has 0 saturated carbocycles. The van der Waals surface area contributed by atoms with Crippen LogP contribution >= 0.6 is 11.6 Å². The fourth-order valence-electron chi connectivity index (χ4n) is 4.16. The van der Waals surface area contributed by atoms with Gasteiger partial charge in [-0.3, -0.25) is 4.79 Å². The Morgan fingerprint density at radius 2 is 1.62 bits per heavy atom. The Morgan fingerprint density at radius 1 is 0.938 bits per heavy atom. The highest BCUT2D eigenvalue weighted by Gasteiger charge is 2.11. The number of imidazole rings is 1. The first-order valence-corrected chi connectivity index (χ1v) is 12.5. The molecule has 0 aliphatic heterocycles. The lowest BCUT2D eigenvalue weighted by molar-refractivity contribution is -0.120. The van der Waals surface area contributed by atoms with Crippen LogP contribution in [0, 0.1) is 0 Å². The molecule has 172 valence electrons. The number of fused-ring (bicyclic) bond motifs is 1. The number of hydrogen-bond acceptors (Lipinski definition) is 2. The van der Waals surface area contributed by atoms with Gasteiger partial charge in [0.15, 0.2) is 0 Å². The maximum atomic E-state index is 12.4. The Morgan fingerprint density at radius 3 is 2.41 bits per heavy atom. The van der Waals surface area contributed by atoms with Crippen LogP contribution in [0.3, 0.4) is 0 Å². The molecule has 0 aliphatic rings. The summed E-state index contributed by atoms with van der Waals surface area (Å²) in [5.74, 6) is 1.04. The molecule has 1 heterocycles. The lowest BCUT2D eigenvalue weighted by Gasteiger charge is -2.10. The number of carbonyl (C=O) groups is 1. The predicted octanol–water partition coefficient (Wildman–Crippen LogP) is 6.73. The molecule has 32 heavy (non-hydrogen) atoms. The summed E-state index contributed by atoms with van der Waals surface area (Å²) < 4.78 is 2.34. The zero-order chi connectivity index (χ0) is 22.6. The molecule has 0 unspecified atom stereocenters. The van der Waals surface area contributed by atoms with Crippen molar-refractivity contribution in [3.05, 3.63) is 64.9 Å². The molecule has 1 N–H and O–H groups in total. The molecule has 4 nitrogen and oxygen atoms in total. The zero-order valence-electron chi connectivity index (χ0n) is 19.3. The Balaban J connectivity index is 1.50. The lowest BCUT2D eigenvalue weighted by atomic mass is 10.1. The first-order valence-electron chi connectivity index (χ1n) is 12.1. The smallest absolute Gasteiger partial charge is 0.224 e. The molecule has 0 bridgehead atoms. The van der Waals surface area contributed by atoms with Gasteiger partial charge in [-0.15, -0.1) is 0 Å². The molecule has 1 aromatic heterocycles. The van der Waals surface area contributed by atoms with E-state index < -0.39 is 0 Å². The van der Waals surface area contributed by atoms with Crippen molar-refractivity contribution in [2.45, 2.75) is 77.7 Å². The maximum absolute atomic E-state index is 12.4. The molecule has 0 atom stereocenters. The number of aryl methyl sites for hydroxylation is 1. The third-order valence-electron chi connectivity index (χ3n) is 5.95. The molecular weight excluding hydrogens is 418 g/mol. The number of nitrogens with zero attached hydrogens (tertiary/aromatic N) is 2. The van der Waals surface area contributed by atoms with Crippen molar-refractivity contribution in [3.63, 3.8) is 0 Å². The average Bonchev–Trinajstić information content (AvgIpc) is 3.14. The summed E-state index contributed by atoms with van der Waals surface area (Å²) in [7, 11) is 0. The number of amides is 1. The second kappa shape index (κ2) is 13.3. The van der Waals surface area contributed by atoms with E-state index in [0.717, 1.165) is 29.9 Å². The Kier molecular flexibility index (Phi) is 10.1. The molecule has 0 fully saturated rings. The van der Waals surface area contributed by atoms with Crippen LogP contribution in [0.15, 0.2) is 48.5 Å². The highest BCUT2D eigenvalue weighted by atomic mass is 35.5. The minimum atomic E-state index is -0.0103. The van der Waals surface area contributed by atoms with Crippen LogP contribution in [0.5, 0.6) is 0 Å². The molecule has 3 aromatic rings. The second-order valence-corrected chi connectivity index (χ2v) is 8.92. The number of carbonyl (C=O) groups excluding carboxylic acids is 1. The van der Waals surface area contributed by atoms with Gasteiger partial charge in [-0.25, -0.2) is 4.98 Å². The molecule has 3 rings (SSSR count). The number of unbranched alkanes of at least 4 members (excludes halogenated alkanes) is 7. The fourth-order valence-corrected chi connectivity index (χ4v) is 4.36. The highest BCUT2D eigenvalue weighted by Crippen LogP contribution is 2.19. The number of rotatable bonds is 14. The van der Waals surface area contributed by atoms with Gasteiger partial charge < -0.3 is 9.88 Å². The van der Waals surface area contributed by atoms with E-state index in [-0.39, 0.29) is 5.91 Å². The first kappa shape index (κ1) is 24.3. The monoisotopic (exact) mass is 453 g/mol. The van der Waals surface area contributed by atoms with E-state index in [0.29, 0.717) is 18.0 Å². The number of para-hydroxylation sites is 2. The van der Waals surface area contributed by atoms with E-state index in [4.69, 9.17) is 16.6 Å². The summed E-state index contributed by atoms with van der Waals surface area (Å²) in [5, 5.41) is 3.66. The number of halogens is 1. The topological polar surface area (TPSA) is 46.9 Å². The van der Waals surface area contributed by atoms with Crippen LogP contribution in [0.2, 0.25) is 5.02 Å². The van der Waals surface area contributed by atoms with Crippen LogP contribution in [-0.2, 0) is 24.2 Å². The van der Waals surface area contributed by atoms with E-state index in [9.17, 15) is 4.79 Å². The quantitative estimate of drug-likeness (QED) is 0.275. The first-order chi connectivity index (χ1) is 15.7. The Bertz CT molecular complexity index is 982. The van der Waals surface area contributed by atoms with Gasteiger partial charge in [-0.1, -0.05) is 93.8 Å². The van der Waals surface area contributed by atoms with Crippen LogP contribution in [0.4, 0.5) is 0 Å². The summed E-state index contributed by atoms with van der Waals surface area (Å²) in [5.41, 5.74) is 3.07. The zero-order valence-corrected chi connectivity index (χ0v) is 20.0. The van der Waals surface area contributed by atoms with Crippen molar-refractivity contribution in [2.75, 3.05) is 6.54 Å². The summed E-state index contributed by atoms with van der Waals surface area (Å²) in [6.07, 6.45) is 11.5. The fraction of sp³-hybridized carbons (Fsp3) is 0.481. The van der Waals surface area contributed by atoms with Gasteiger partial charge in [0.25, 0.3) is 0 Å². The van der Waals surface area contributed by atoms with E-state index in [1.807, 2.05) is 30.3 Å². The van der Waals surface area contributed by atoms with Gasteiger partial charge in [0.05, 0.1) is 17.5 Å². The molecule has 0 aliphatic carbocycles. The normalized spacial score (nSPS) is 11.2. The molecule has 1 amide bonds. The number of nitrogens with one attached hydrogen (secondary N) is 1. The van der Waals surface area contributed by atoms with Crippen molar-refractivity contribution in [3.8, 4) is 0 Å². The van der Waals surface area contributed by atoms with Gasteiger partial charge >= 0.3 is 0 Å². The summed E-state index contributed by atoms with van der Waals surface area (Å²) in [4.78, 5) is 17.2. The minimum Gasteiger partial charge on any atom is -0.355 e. The predicted molar refractivity (Wildman–Crippen MR) is 134 cm³/mol. The Hall–Kier alpha value is -2.33.